The Balaban J connectivity index is 1.94. The standard InChI is InChI=1S/C17H23NO2/c1-14(20)17-8-9-18(13-17)12-16-7-4-6-15(11-16)5-2-3-10-19/h4,6-7,11,14,17,19-20H,3,8-10,12-13H2,1H3. The number of hydrogen-bond donors (Lipinski definition) is 2. The fraction of sp³-hybridized carbons (Fsp3) is 0.529. The molecule has 1 aromatic rings. The molecule has 2 N–H and O–H groups in total. The van der Waals surface area contributed by atoms with Crippen LogP contribution in [0.1, 0.15) is 30.9 Å². The van der Waals surface area contributed by atoms with Gasteiger partial charge in [0, 0.05) is 25.1 Å². The molecule has 0 bridgehead atoms. The van der Waals surface area contributed by atoms with Crippen molar-refractivity contribution in [1.82, 2.24) is 4.90 Å². The summed E-state index contributed by atoms with van der Waals surface area (Å²) in [5.74, 6) is 6.42. The lowest BCUT2D eigenvalue weighted by molar-refractivity contribution is 0.127. The summed E-state index contributed by atoms with van der Waals surface area (Å²) >= 11 is 0. The Morgan fingerprint density at radius 2 is 2.30 bits per heavy atom. The lowest BCUT2D eigenvalue weighted by Gasteiger charge is -2.17. The number of nitrogens with zero attached hydrogens (tertiary/aromatic N) is 1. The Kier molecular flexibility index (Phi) is 5.60. The van der Waals surface area contributed by atoms with E-state index in [9.17, 15) is 5.11 Å². The van der Waals surface area contributed by atoms with Crippen LogP contribution in [-0.2, 0) is 6.54 Å². The summed E-state index contributed by atoms with van der Waals surface area (Å²) in [4.78, 5) is 2.39. The van der Waals surface area contributed by atoms with Crippen LogP contribution in [0.2, 0.25) is 0 Å². The van der Waals surface area contributed by atoms with Crippen LogP contribution in [0.15, 0.2) is 24.3 Å². The molecule has 20 heavy (non-hydrogen) atoms. The number of rotatable bonds is 4. The van der Waals surface area contributed by atoms with Crippen molar-refractivity contribution in [2.45, 2.75) is 32.4 Å². The van der Waals surface area contributed by atoms with Gasteiger partial charge < -0.3 is 10.2 Å². The third-order valence-electron chi connectivity index (χ3n) is 3.79. The second-order valence-corrected chi connectivity index (χ2v) is 5.50. The zero-order valence-corrected chi connectivity index (χ0v) is 12.0. The molecule has 0 radical (unpaired) electrons. The van der Waals surface area contributed by atoms with Crippen LogP contribution in [0.5, 0.6) is 0 Å². The van der Waals surface area contributed by atoms with E-state index < -0.39 is 0 Å². The first-order valence-electron chi connectivity index (χ1n) is 7.28. The van der Waals surface area contributed by atoms with Gasteiger partial charge in [0.2, 0.25) is 0 Å². The van der Waals surface area contributed by atoms with E-state index in [0.29, 0.717) is 12.3 Å². The predicted molar refractivity (Wildman–Crippen MR) is 80.1 cm³/mol. The quantitative estimate of drug-likeness (QED) is 0.819. The zero-order chi connectivity index (χ0) is 14.4. The Labute approximate surface area is 121 Å². The molecular formula is C17H23NO2. The van der Waals surface area contributed by atoms with Crippen LogP contribution < -0.4 is 0 Å². The van der Waals surface area contributed by atoms with Crippen molar-refractivity contribution in [3.63, 3.8) is 0 Å². The van der Waals surface area contributed by atoms with Gasteiger partial charge in [-0.2, -0.15) is 0 Å². The molecule has 0 aromatic heterocycles. The minimum Gasteiger partial charge on any atom is -0.395 e. The highest BCUT2D eigenvalue weighted by Gasteiger charge is 2.25. The molecule has 1 aromatic carbocycles. The lowest BCUT2D eigenvalue weighted by atomic mass is 10.0. The highest BCUT2D eigenvalue weighted by molar-refractivity contribution is 5.37. The van der Waals surface area contributed by atoms with Gasteiger partial charge in [0.05, 0.1) is 12.7 Å². The smallest absolute Gasteiger partial charge is 0.0552 e. The molecule has 3 heteroatoms. The average Bonchev–Trinajstić information content (AvgIpc) is 2.88. The molecule has 1 saturated heterocycles. The van der Waals surface area contributed by atoms with Gasteiger partial charge in [-0.1, -0.05) is 24.0 Å². The van der Waals surface area contributed by atoms with E-state index in [0.717, 1.165) is 31.6 Å². The largest absolute Gasteiger partial charge is 0.395 e. The van der Waals surface area contributed by atoms with Crippen molar-refractivity contribution in [3.05, 3.63) is 35.4 Å². The Morgan fingerprint density at radius 3 is 3.00 bits per heavy atom. The van der Waals surface area contributed by atoms with Gasteiger partial charge in [0.25, 0.3) is 0 Å². The SMILES string of the molecule is CC(O)C1CCN(Cc2cccc(C#CCCO)c2)C1. The van der Waals surface area contributed by atoms with Gasteiger partial charge in [-0.25, -0.2) is 0 Å². The summed E-state index contributed by atoms with van der Waals surface area (Å²) in [5.41, 5.74) is 2.26. The molecule has 3 nitrogen and oxygen atoms in total. The Morgan fingerprint density at radius 1 is 1.45 bits per heavy atom. The molecule has 2 rings (SSSR count). The van der Waals surface area contributed by atoms with Crippen molar-refractivity contribution in [1.29, 1.82) is 0 Å². The van der Waals surface area contributed by atoms with E-state index in [1.165, 1.54) is 5.56 Å². The molecule has 1 fully saturated rings. The first-order chi connectivity index (χ1) is 9.69. The molecule has 108 valence electrons. The molecule has 2 unspecified atom stereocenters. The third-order valence-corrected chi connectivity index (χ3v) is 3.79. The maximum Gasteiger partial charge on any atom is 0.0552 e. The summed E-state index contributed by atoms with van der Waals surface area (Å²) in [6.07, 6.45) is 1.38. The lowest BCUT2D eigenvalue weighted by Crippen LogP contribution is -2.23. The summed E-state index contributed by atoms with van der Waals surface area (Å²) in [5, 5.41) is 18.4. The highest BCUT2D eigenvalue weighted by Crippen LogP contribution is 2.21. The molecule has 0 spiro atoms. The second-order valence-electron chi connectivity index (χ2n) is 5.50. The molecule has 1 aliphatic rings. The number of aliphatic hydroxyl groups excluding tert-OH is 2. The molecular weight excluding hydrogens is 250 g/mol. The van der Waals surface area contributed by atoms with Crippen LogP contribution in [0, 0.1) is 17.8 Å². The van der Waals surface area contributed by atoms with Crippen LogP contribution in [0.25, 0.3) is 0 Å². The fourth-order valence-electron chi connectivity index (χ4n) is 2.63. The Bertz CT molecular complexity index is 487. The summed E-state index contributed by atoms with van der Waals surface area (Å²) in [7, 11) is 0. The van der Waals surface area contributed by atoms with Crippen LogP contribution in [0.4, 0.5) is 0 Å². The predicted octanol–water partition coefficient (Wildman–Crippen LogP) is 1.62. The Hall–Kier alpha value is -1.34. The minimum absolute atomic E-state index is 0.112. The molecule has 0 amide bonds. The molecule has 0 saturated carbocycles. The van der Waals surface area contributed by atoms with Crippen molar-refractivity contribution in [2.24, 2.45) is 5.92 Å². The zero-order valence-electron chi connectivity index (χ0n) is 12.0. The first kappa shape index (κ1) is 15.1. The molecule has 1 aliphatic heterocycles. The summed E-state index contributed by atoms with van der Waals surface area (Å²) in [6, 6.07) is 8.25. The van der Waals surface area contributed by atoms with Crippen LogP contribution in [0.3, 0.4) is 0 Å². The molecule has 2 atom stereocenters. The highest BCUT2D eigenvalue weighted by atomic mass is 16.3. The minimum atomic E-state index is -0.212. The van der Waals surface area contributed by atoms with Gasteiger partial charge in [-0.05, 0) is 43.5 Å². The van der Waals surface area contributed by atoms with E-state index >= 15 is 0 Å². The van der Waals surface area contributed by atoms with Gasteiger partial charge in [-0.3, -0.25) is 4.90 Å². The van der Waals surface area contributed by atoms with E-state index in [2.05, 4.69) is 28.9 Å². The average molecular weight is 273 g/mol. The monoisotopic (exact) mass is 273 g/mol. The van der Waals surface area contributed by atoms with Gasteiger partial charge >= 0.3 is 0 Å². The summed E-state index contributed by atoms with van der Waals surface area (Å²) in [6.45, 7) is 4.93. The first-order valence-corrected chi connectivity index (χ1v) is 7.28. The van der Waals surface area contributed by atoms with Crippen molar-refractivity contribution >= 4 is 0 Å². The van der Waals surface area contributed by atoms with Crippen molar-refractivity contribution < 1.29 is 10.2 Å². The fourth-order valence-corrected chi connectivity index (χ4v) is 2.63. The number of hydrogen-bond acceptors (Lipinski definition) is 3. The van der Waals surface area contributed by atoms with Crippen LogP contribution >= 0.6 is 0 Å². The maximum absolute atomic E-state index is 9.64. The number of likely N-dealkylation sites (tertiary alicyclic amines) is 1. The van der Waals surface area contributed by atoms with E-state index in [-0.39, 0.29) is 12.7 Å². The number of aliphatic hydroxyl groups is 2. The summed E-state index contributed by atoms with van der Waals surface area (Å²) < 4.78 is 0. The van der Waals surface area contributed by atoms with E-state index in [4.69, 9.17) is 5.11 Å². The van der Waals surface area contributed by atoms with Crippen molar-refractivity contribution in [2.75, 3.05) is 19.7 Å². The topological polar surface area (TPSA) is 43.7 Å². The van der Waals surface area contributed by atoms with Gasteiger partial charge in [0.1, 0.15) is 0 Å². The normalized spacial score (nSPS) is 20.4. The van der Waals surface area contributed by atoms with Crippen LogP contribution in [-0.4, -0.2) is 40.9 Å². The molecule has 0 aliphatic carbocycles. The van der Waals surface area contributed by atoms with E-state index in [1.54, 1.807) is 0 Å². The van der Waals surface area contributed by atoms with E-state index in [1.807, 2.05) is 19.1 Å². The van der Waals surface area contributed by atoms with Gasteiger partial charge in [0.15, 0.2) is 0 Å². The second kappa shape index (κ2) is 7.44. The van der Waals surface area contributed by atoms with Gasteiger partial charge in [-0.15, -0.1) is 0 Å². The number of benzene rings is 1. The van der Waals surface area contributed by atoms with Crippen molar-refractivity contribution in [3.8, 4) is 11.8 Å². The molecule has 1 heterocycles. The maximum atomic E-state index is 9.64. The third kappa shape index (κ3) is 4.35.